The van der Waals surface area contributed by atoms with Gasteiger partial charge in [0.15, 0.2) is 0 Å². The van der Waals surface area contributed by atoms with Gasteiger partial charge >= 0.3 is 0 Å². The summed E-state index contributed by atoms with van der Waals surface area (Å²) in [6.07, 6.45) is 4.63. The van der Waals surface area contributed by atoms with E-state index in [4.69, 9.17) is 0 Å². The fraction of sp³-hybridized carbons (Fsp3) is 0.556. The van der Waals surface area contributed by atoms with Crippen molar-refractivity contribution >= 4 is 41.2 Å². The maximum Gasteiger partial charge on any atom is 0.205 e. The summed E-state index contributed by atoms with van der Waals surface area (Å²) in [4.78, 5) is 22.4. The maximum atomic E-state index is 11.2. The summed E-state index contributed by atoms with van der Waals surface area (Å²) < 4.78 is -0.199. The zero-order valence-corrected chi connectivity index (χ0v) is 10.3. The van der Waals surface area contributed by atoms with Crippen molar-refractivity contribution in [3.63, 3.8) is 0 Å². The molecule has 0 radical (unpaired) electrons. The molecule has 0 amide bonds. The second-order valence-electron chi connectivity index (χ2n) is 3.30. The smallest absolute Gasteiger partial charge is 0.205 e. The van der Waals surface area contributed by atoms with Crippen LogP contribution in [0.15, 0.2) is 12.2 Å². The normalized spacial score (nSPS) is 33.0. The van der Waals surface area contributed by atoms with Crippen molar-refractivity contribution in [2.45, 2.75) is 13.3 Å². The Morgan fingerprint density at radius 1 is 1.31 bits per heavy atom. The van der Waals surface area contributed by atoms with Crippen molar-refractivity contribution in [3.8, 4) is 0 Å². The van der Waals surface area contributed by atoms with Gasteiger partial charge in [-0.3, -0.25) is 9.59 Å². The lowest BCUT2D eigenvalue weighted by Crippen LogP contribution is -2.31. The molecule has 13 heavy (non-hydrogen) atoms. The maximum absolute atomic E-state index is 11.2. The lowest BCUT2D eigenvalue weighted by atomic mass is 9.78. The Balaban J connectivity index is 2.91. The number of rotatable bonds is 2. The molecule has 0 fully saturated rings. The summed E-state index contributed by atoms with van der Waals surface area (Å²) >= 11 is 5.85. The van der Waals surface area contributed by atoms with Crippen LogP contribution in [0, 0.1) is 17.8 Å². The van der Waals surface area contributed by atoms with Gasteiger partial charge in [0.25, 0.3) is 0 Å². The summed E-state index contributed by atoms with van der Waals surface area (Å²) in [6, 6.07) is 0. The third kappa shape index (κ3) is 2.50. The molecule has 1 aliphatic rings. The molecule has 0 aromatic rings. The van der Waals surface area contributed by atoms with Crippen LogP contribution >= 0.6 is 31.9 Å². The van der Waals surface area contributed by atoms with E-state index in [2.05, 4.69) is 31.9 Å². The first-order chi connectivity index (χ1) is 6.04. The van der Waals surface area contributed by atoms with Gasteiger partial charge in [0, 0.05) is 5.92 Å². The lowest BCUT2D eigenvalue weighted by Gasteiger charge is -2.27. The predicted molar refractivity (Wildman–Crippen MR) is 57.8 cm³/mol. The molecule has 3 atom stereocenters. The zero-order valence-electron chi connectivity index (χ0n) is 7.17. The van der Waals surface area contributed by atoms with E-state index >= 15 is 0 Å². The predicted octanol–water partition coefficient (Wildman–Crippen LogP) is 2.66. The van der Waals surface area contributed by atoms with E-state index in [1.165, 1.54) is 0 Å². The summed E-state index contributed by atoms with van der Waals surface area (Å²) in [5, 5.41) is 0. The van der Waals surface area contributed by atoms with E-state index in [0.717, 1.165) is 6.42 Å². The van der Waals surface area contributed by atoms with Crippen molar-refractivity contribution in [1.82, 2.24) is 0 Å². The van der Waals surface area contributed by atoms with Crippen LogP contribution in [0.25, 0.3) is 0 Å². The van der Waals surface area contributed by atoms with E-state index in [1.54, 1.807) is 6.08 Å². The van der Waals surface area contributed by atoms with Gasteiger partial charge in [-0.15, -0.1) is 0 Å². The highest BCUT2D eigenvalue weighted by molar-refractivity contribution is 9.18. The van der Waals surface area contributed by atoms with Crippen molar-refractivity contribution in [3.05, 3.63) is 12.2 Å². The quantitative estimate of drug-likeness (QED) is 0.580. The summed E-state index contributed by atoms with van der Waals surface area (Å²) in [6.45, 7) is 1.98. The number of allylic oxidation sites excluding steroid dienone is 2. The molecule has 0 spiro atoms. The molecule has 0 saturated heterocycles. The van der Waals surface area contributed by atoms with Gasteiger partial charge in [-0.25, -0.2) is 0 Å². The molecule has 0 N–H and O–H groups in total. The first-order valence-electron chi connectivity index (χ1n) is 4.09. The second-order valence-corrected chi connectivity index (χ2v) is 4.86. The Morgan fingerprint density at radius 3 is 2.31 bits per heavy atom. The third-order valence-electron chi connectivity index (χ3n) is 2.38. The number of halogens is 2. The molecule has 1 rings (SSSR count). The summed E-state index contributed by atoms with van der Waals surface area (Å²) in [7, 11) is 0. The van der Waals surface area contributed by atoms with Crippen molar-refractivity contribution in [2.24, 2.45) is 17.8 Å². The molecule has 2 nitrogen and oxygen atoms in total. The number of carbonyl (C=O) groups excluding carboxylic acids is 2. The Bertz CT molecular complexity index is 260. The molecular weight excluding hydrogens is 300 g/mol. The highest BCUT2D eigenvalue weighted by Crippen LogP contribution is 2.33. The SMILES string of the molecule is CC1CC=CC(C(=O)Br)C1C(=O)Br. The first kappa shape index (κ1) is 11.1. The van der Waals surface area contributed by atoms with Gasteiger partial charge in [0.1, 0.15) is 0 Å². The minimum Gasteiger partial charge on any atom is -0.286 e. The summed E-state index contributed by atoms with van der Waals surface area (Å²) in [5.74, 6) is -0.309. The number of hydrogen-bond donors (Lipinski definition) is 0. The van der Waals surface area contributed by atoms with Crippen LogP contribution in [-0.2, 0) is 9.59 Å². The average molecular weight is 310 g/mol. The first-order valence-corrected chi connectivity index (χ1v) is 5.68. The van der Waals surface area contributed by atoms with Gasteiger partial charge in [-0.1, -0.05) is 19.1 Å². The van der Waals surface area contributed by atoms with Crippen molar-refractivity contribution < 1.29 is 9.59 Å². The topological polar surface area (TPSA) is 34.1 Å². The molecule has 0 aromatic heterocycles. The number of hydrogen-bond acceptors (Lipinski definition) is 2. The van der Waals surface area contributed by atoms with E-state index < -0.39 is 0 Å². The van der Waals surface area contributed by atoms with Gasteiger partial charge in [-0.05, 0) is 44.2 Å². The van der Waals surface area contributed by atoms with E-state index in [1.807, 2.05) is 13.0 Å². The van der Waals surface area contributed by atoms with Crippen LogP contribution in [0.3, 0.4) is 0 Å². The van der Waals surface area contributed by atoms with Crippen LogP contribution in [0.5, 0.6) is 0 Å². The van der Waals surface area contributed by atoms with Crippen molar-refractivity contribution in [2.75, 3.05) is 0 Å². The zero-order chi connectivity index (χ0) is 10.0. The Morgan fingerprint density at radius 2 is 1.92 bits per heavy atom. The fourth-order valence-electron chi connectivity index (χ4n) is 1.64. The molecular formula is C9H10Br2O2. The van der Waals surface area contributed by atoms with E-state index in [9.17, 15) is 9.59 Å². The molecule has 3 unspecified atom stereocenters. The minimum atomic E-state index is -0.310. The van der Waals surface area contributed by atoms with Gasteiger partial charge in [0.2, 0.25) is 9.39 Å². The van der Waals surface area contributed by atoms with Crippen LogP contribution < -0.4 is 0 Å². The average Bonchev–Trinajstić information content (AvgIpc) is 2.02. The van der Waals surface area contributed by atoms with Gasteiger partial charge < -0.3 is 0 Å². The number of carbonyl (C=O) groups is 2. The molecule has 4 heteroatoms. The fourth-order valence-corrected chi connectivity index (χ4v) is 2.82. The summed E-state index contributed by atoms with van der Waals surface area (Å²) in [5.41, 5.74) is 0. The van der Waals surface area contributed by atoms with Crippen LogP contribution in [0.1, 0.15) is 13.3 Å². The van der Waals surface area contributed by atoms with Crippen LogP contribution in [-0.4, -0.2) is 9.39 Å². The monoisotopic (exact) mass is 308 g/mol. The van der Waals surface area contributed by atoms with Crippen molar-refractivity contribution in [1.29, 1.82) is 0 Å². The Kier molecular flexibility index (Phi) is 3.86. The Labute approximate surface area is 94.0 Å². The molecule has 72 valence electrons. The Hall–Kier alpha value is 0.0400. The second kappa shape index (κ2) is 4.51. The van der Waals surface area contributed by atoms with E-state index in [0.29, 0.717) is 0 Å². The van der Waals surface area contributed by atoms with Gasteiger partial charge in [-0.2, -0.15) is 0 Å². The molecule has 0 aliphatic heterocycles. The molecule has 1 aliphatic carbocycles. The highest BCUT2D eigenvalue weighted by Gasteiger charge is 2.35. The third-order valence-corrected chi connectivity index (χ3v) is 3.43. The molecule has 0 bridgehead atoms. The lowest BCUT2D eigenvalue weighted by molar-refractivity contribution is -0.122. The standard InChI is InChI=1S/C9H10Br2O2/c1-5-3-2-4-6(8(10)12)7(5)9(11)13/h2,4-7H,3H2,1H3. The highest BCUT2D eigenvalue weighted by atomic mass is 79.9. The van der Waals surface area contributed by atoms with E-state index in [-0.39, 0.29) is 27.1 Å². The minimum absolute atomic E-state index is 0.0813. The van der Waals surface area contributed by atoms with Gasteiger partial charge in [0.05, 0.1) is 5.92 Å². The molecule has 0 saturated carbocycles. The van der Waals surface area contributed by atoms with Crippen LogP contribution in [0.2, 0.25) is 0 Å². The largest absolute Gasteiger partial charge is 0.286 e. The van der Waals surface area contributed by atoms with Crippen LogP contribution in [0.4, 0.5) is 0 Å². The molecule has 0 heterocycles. The molecule has 0 aromatic carbocycles.